The second kappa shape index (κ2) is 7.70. The third-order valence-corrected chi connectivity index (χ3v) is 4.85. The predicted octanol–water partition coefficient (Wildman–Crippen LogP) is 2.19. The van der Waals surface area contributed by atoms with Crippen molar-refractivity contribution >= 4 is 11.7 Å². The Kier molecular flexibility index (Phi) is 5.59. The molecule has 0 spiro atoms. The van der Waals surface area contributed by atoms with Crippen LogP contribution in [-0.4, -0.2) is 55.5 Å². The minimum Gasteiger partial charge on any atom is -0.455 e. The van der Waals surface area contributed by atoms with Crippen LogP contribution < -0.4 is 5.32 Å². The first kappa shape index (κ1) is 18.1. The number of ether oxygens (including phenoxy) is 1. The maximum Gasteiger partial charge on any atom is 0.287 e. The van der Waals surface area contributed by atoms with Gasteiger partial charge in [0.05, 0.1) is 18.3 Å². The van der Waals surface area contributed by atoms with E-state index in [-0.39, 0.29) is 23.6 Å². The molecular weight excluding hydrogens is 320 g/mol. The third kappa shape index (κ3) is 4.12. The van der Waals surface area contributed by atoms with E-state index in [0.717, 1.165) is 32.5 Å². The van der Waals surface area contributed by atoms with Gasteiger partial charge in [-0.1, -0.05) is 13.8 Å². The molecule has 0 radical (unpaired) electrons. The Balaban J connectivity index is 1.59. The van der Waals surface area contributed by atoms with Gasteiger partial charge in [0.15, 0.2) is 11.5 Å². The van der Waals surface area contributed by atoms with Crippen molar-refractivity contribution in [2.24, 2.45) is 5.92 Å². The summed E-state index contributed by atoms with van der Waals surface area (Å²) in [6.45, 7) is 10.1. The van der Waals surface area contributed by atoms with Crippen LogP contribution in [0.15, 0.2) is 4.42 Å². The van der Waals surface area contributed by atoms with E-state index in [9.17, 15) is 9.59 Å². The lowest BCUT2D eigenvalue weighted by Crippen LogP contribution is -2.48. The number of rotatable bonds is 5. The van der Waals surface area contributed by atoms with Crippen molar-refractivity contribution in [3.63, 3.8) is 0 Å². The highest BCUT2D eigenvalue weighted by molar-refractivity contribution is 6.03. The fourth-order valence-corrected chi connectivity index (χ4v) is 3.74. The molecule has 138 valence electrons. The van der Waals surface area contributed by atoms with Gasteiger partial charge in [-0.2, -0.15) is 0 Å². The number of ketones is 1. The van der Waals surface area contributed by atoms with Gasteiger partial charge in [-0.25, -0.2) is 0 Å². The van der Waals surface area contributed by atoms with Crippen molar-refractivity contribution in [2.75, 3.05) is 32.8 Å². The maximum absolute atomic E-state index is 12.5. The molecule has 0 bridgehead atoms. The highest BCUT2D eigenvalue weighted by Gasteiger charge is 2.29. The highest BCUT2D eigenvalue weighted by atomic mass is 16.5. The summed E-state index contributed by atoms with van der Waals surface area (Å²) in [4.78, 5) is 26.9. The topological polar surface area (TPSA) is 71.8 Å². The van der Waals surface area contributed by atoms with Crippen LogP contribution in [0.4, 0.5) is 0 Å². The van der Waals surface area contributed by atoms with Crippen LogP contribution in [0.5, 0.6) is 0 Å². The average molecular weight is 348 g/mol. The normalized spacial score (nSPS) is 21.4. The number of furan rings is 1. The van der Waals surface area contributed by atoms with Crippen molar-refractivity contribution in [1.82, 2.24) is 10.2 Å². The number of hydrogen-bond donors (Lipinski definition) is 1. The van der Waals surface area contributed by atoms with Gasteiger partial charge in [-0.15, -0.1) is 0 Å². The smallest absolute Gasteiger partial charge is 0.287 e. The number of Topliss-reactive ketones (excluding diaryl/α,β-unsaturated/α-hetero) is 1. The van der Waals surface area contributed by atoms with Crippen LogP contribution in [0.1, 0.15) is 58.9 Å². The second-order valence-corrected chi connectivity index (χ2v) is 7.49. The lowest BCUT2D eigenvalue weighted by Gasteiger charge is -2.33. The molecule has 1 amide bonds. The molecule has 1 aliphatic carbocycles. The Morgan fingerprint density at radius 2 is 2.16 bits per heavy atom. The number of nitrogens with zero attached hydrogens (tertiary/aromatic N) is 1. The molecule has 2 heterocycles. The van der Waals surface area contributed by atoms with Gasteiger partial charge in [0.25, 0.3) is 5.91 Å². The SMILES string of the molecule is Cc1c(C(=O)NCC2CN(CC(C)C)CCO2)oc2c1C(=O)CCC2. The van der Waals surface area contributed by atoms with Crippen molar-refractivity contribution in [3.05, 3.63) is 22.6 Å². The number of nitrogens with one attached hydrogen (secondary N) is 1. The molecule has 1 saturated heterocycles. The number of aryl methyl sites for hydroxylation is 1. The van der Waals surface area contributed by atoms with Crippen LogP contribution in [0.3, 0.4) is 0 Å². The number of hydrogen-bond acceptors (Lipinski definition) is 5. The third-order valence-electron chi connectivity index (χ3n) is 4.85. The van der Waals surface area contributed by atoms with E-state index in [4.69, 9.17) is 9.15 Å². The number of carbonyl (C=O) groups excluding carboxylic acids is 2. The van der Waals surface area contributed by atoms with E-state index < -0.39 is 0 Å². The molecule has 1 atom stereocenters. The lowest BCUT2D eigenvalue weighted by atomic mass is 9.94. The summed E-state index contributed by atoms with van der Waals surface area (Å²) in [5, 5.41) is 2.91. The molecule has 0 saturated carbocycles. The summed E-state index contributed by atoms with van der Waals surface area (Å²) in [6.07, 6.45) is 2.05. The zero-order valence-corrected chi connectivity index (χ0v) is 15.4. The predicted molar refractivity (Wildman–Crippen MR) is 94.1 cm³/mol. The Morgan fingerprint density at radius 3 is 2.88 bits per heavy atom. The number of amides is 1. The van der Waals surface area contributed by atoms with Crippen molar-refractivity contribution < 1.29 is 18.7 Å². The monoisotopic (exact) mass is 348 g/mol. The minimum atomic E-state index is -0.260. The largest absolute Gasteiger partial charge is 0.455 e. The van der Waals surface area contributed by atoms with Gasteiger partial charge in [0, 0.05) is 44.6 Å². The van der Waals surface area contributed by atoms with E-state index in [0.29, 0.717) is 42.4 Å². The molecule has 1 fully saturated rings. The van der Waals surface area contributed by atoms with Crippen LogP contribution in [-0.2, 0) is 11.2 Å². The average Bonchev–Trinajstić information content (AvgIpc) is 2.91. The molecule has 6 heteroatoms. The van der Waals surface area contributed by atoms with Gasteiger partial charge < -0.3 is 14.5 Å². The Morgan fingerprint density at radius 1 is 1.36 bits per heavy atom. The summed E-state index contributed by atoms with van der Waals surface area (Å²) >= 11 is 0. The summed E-state index contributed by atoms with van der Waals surface area (Å²) in [6, 6.07) is 0. The summed E-state index contributed by atoms with van der Waals surface area (Å²) < 4.78 is 11.5. The molecule has 6 nitrogen and oxygen atoms in total. The Labute approximate surface area is 148 Å². The Bertz CT molecular complexity index is 650. The van der Waals surface area contributed by atoms with Crippen LogP contribution in [0.2, 0.25) is 0 Å². The van der Waals surface area contributed by atoms with Crippen LogP contribution in [0, 0.1) is 12.8 Å². The molecule has 3 rings (SSSR count). The van der Waals surface area contributed by atoms with Gasteiger partial charge in [0.2, 0.25) is 0 Å². The quantitative estimate of drug-likeness (QED) is 0.883. The van der Waals surface area contributed by atoms with E-state index in [2.05, 4.69) is 24.1 Å². The molecule has 1 aromatic rings. The van der Waals surface area contributed by atoms with Crippen LogP contribution >= 0.6 is 0 Å². The van der Waals surface area contributed by atoms with Crippen molar-refractivity contribution in [3.8, 4) is 0 Å². The molecule has 1 aromatic heterocycles. The van der Waals surface area contributed by atoms with E-state index >= 15 is 0 Å². The summed E-state index contributed by atoms with van der Waals surface area (Å²) in [5.41, 5.74) is 1.29. The number of fused-ring (bicyclic) bond motifs is 1. The molecule has 25 heavy (non-hydrogen) atoms. The maximum atomic E-state index is 12.5. The highest BCUT2D eigenvalue weighted by Crippen LogP contribution is 2.29. The molecule has 0 aromatic carbocycles. The molecule has 2 aliphatic rings. The number of carbonyl (C=O) groups is 2. The standard InChI is InChI=1S/C19H28N2O4/c1-12(2)10-21-7-8-24-14(11-21)9-20-19(23)18-13(3)17-15(22)5-4-6-16(17)25-18/h12,14H,4-11H2,1-3H3,(H,20,23). The van der Waals surface area contributed by atoms with Gasteiger partial charge in [-0.05, 0) is 19.3 Å². The molecule has 1 unspecified atom stereocenters. The van der Waals surface area contributed by atoms with E-state index in [1.165, 1.54) is 0 Å². The Hall–Kier alpha value is -1.66. The van der Waals surface area contributed by atoms with Gasteiger partial charge in [-0.3, -0.25) is 14.5 Å². The molecule has 1 aliphatic heterocycles. The lowest BCUT2D eigenvalue weighted by molar-refractivity contribution is -0.0296. The minimum absolute atomic E-state index is 0.0111. The van der Waals surface area contributed by atoms with Gasteiger partial charge in [0.1, 0.15) is 5.76 Å². The molecular formula is C19H28N2O4. The first-order chi connectivity index (χ1) is 12.0. The van der Waals surface area contributed by atoms with Crippen LogP contribution in [0.25, 0.3) is 0 Å². The van der Waals surface area contributed by atoms with Gasteiger partial charge >= 0.3 is 0 Å². The summed E-state index contributed by atoms with van der Waals surface area (Å²) in [7, 11) is 0. The van der Waals surface area contributed by atoms with Crippen molar-refractivity contribution in [2.45, 2.75) is 46.1 Å². The number of morpholine rings is 1. The fourth-order valence-electron chi connectivity index (χ4n) is 3.74. The van der Waals surface area contributed by atoms with E-state index in [1.54, 1.807) is 6.92 Å². The first-order valence-corrected chi connectivity index (χ1v) is 9.23. The second-order valence-electron chi connectivity index (χ2n) is 7.49. The first-order valence-electron chi connectivity index (χ1n) is 9.23. The van der Waals surface area contributed by atoms with E-state index in [1.807, 2.05) is 0 Å². The van der Waals surface area contributed by atoms with Crippen molar-refractivity contribution in [1.29, 1.82) is 0 Å². The molecule has 1 N–H and O–H groups in total. The fraction of sp³-hybridized carbons (Fsp3) is 0.684. The summed E-state index contributed by atoms with van der Waals surface area (Å²) in [5.74, 6) is 1.37. The zero-order valence-electron chi connectivity index (χ0n) is 15.4. The zero-order chi connectivity index (χ0) is 18.0.